The third-order valence-electron chi connectivity index (χ3n) is 5.61. The molecule has 0 saturated carbocycles. The Morgan fingerprint density at radius 3 is 2.86 bits per heavy atom. The SMILES string of the molecule is Clc1ccc(-c2[nH]ncc2CN2CCc3nnc(C4CCCO4)n3CC2)cc1. The van der Waals surface area contributed by atoms with Crippen molar-refractivity contribution in [2.24, 2.45) is 0 Å². The van der Waals surface area contributed by atoms with Gasteiger partial charge in [0, 0.05) is 49.8 Å². The van der Waals surface area contributed by atoms with E-state index in [1.54, 1.807) is 0 Å². The smallest absolute Gasteiger partial charge is 0.162 e. The van der Waals surface area contributed by atoms with Crippen molar-refractivity contribution >= 4 is 11.6 Å². The summed E-state index contributed by atoms with van der Waals surface area (Å²) in [5.74, 6) is 2.07. The summed E-state index contributed by atoms with van der Waals surface area (Å²) < 4.78 is 8.10. The molecule has 2 aliphatic heterocycles. The van der Waals surface area contributed by atoms with E-state index in [1.807, 2.05) is 30.5 Å². The lowest BCUT2D eigenvalue weighted by Crippen LogP contribution is -2.27. The van der Waals surface area contributed by atoms with Gasteiger partial charge in [-0.2, -0.15) is 5.10 Å². The predicted octanol–water partition coefficient (Wildman–Crippen LogP) is 3.23. The molecule has 1 fully saturated rings. The van der Waals surface area contributed by atoms with Crippen LogP contribution in [0.5, 0.6) is 0 Å². The maximum Gasteiger partial charge on any atom is 0.162 e. The molecule has 7 nitrogen and oxygen atoms in total. The summed E-state index contributed by atoms with van der Waals surface area (Å²) in [5.41, 5.74) is 3.35. The second kappa shape index (κ2) is 7.66. The van der Waals surface area contributed by atoms with E-state index < -0.39 is 0 Å². The number of halogens is 1. The van der Waals surface area contributed by atoms with Crippen molar-refractivity contribution in [2.75, 3.05) is 19.7 Å². The number of hydrogen-bond acceptors (Lipinski definition) is 5. The highest BCUT2D eigenvalue weighted by Crippen LogP contribution is 2.29. The molecule has 4 heterocycles. The van der Waals surface area contributed by atoms with E-state index in [1.165, 1.54) is 5.56 Å². The van der Waals surface area contributed by atoms with E-state index in [0.29, 0.717) is 0 Å². The van der Waals surface area contributed by atoms with Gasteiger partial charge in [-0.25, -0.2) is 0 Å². The standard InChI is InChI=1S/C20H23ClN6O/c21-16-5-3-14(4-6-16)19-15(12-22-24-19)13-26-8-7-18-23-25-20(27(18)10-9-26)17-2-1-11-28-17/h3-6,12,17H,1-2,7-11,13H2,(H,22,24). The molecule has 5 rings (SSSR count). The molecule has 2 aliphatic rings. The van der Waals surface area contributed by atoms with Crippen molar-refractivity contribution in [3.63, 3.8) is 0 Å². The van der Waals surface area contributed by atoms with Crippen LogP contribution in [0.4, 0.5) is 0 Å². The van der Waals surface area contributed by atoms with Crippen molar-refractivity contribution in [3.05, 3.63) is 52.7 Å². The summed E-state index contributed by atoms with van der Waals surface area (Å²) in [4.78, 5) is 2.46. The molecule has 1 saturated heterocycles. The van der Waals surface area contributed by atoms with Gasteiger partial charge >= 0.3 is 0 Å². The Labute approximate surface area is 168 Å². The molecule has 1 unspecified atom stereocenters. The van der Waals surface area contributed by atoms with Crippen LogP contribution in [0.25, 0.3) is 11.3 Å². The lowest BCUT2D eigenvalue weighted by Gasteiger charge is -2.20. The zero-order valence-corrected chi connectivity index (χ0v) is 16.4. The minimum Gasteiger partial charge on any atom is -0.370 e. The highest BCUT2D eigenvalue weighted by Gasteiger charge is 2.27. The minimum absolute atomic E-state index is 0.109. The summed E-state index contributed by atoms with van der Waals surface area (Å²) in [6.07, 6.45) is 5.08. The maximum absolute atomic E-state index is 6.02. The van der Waals surface area contributed by atoms with Crippen molar-refractivity contribution in [1.29, 1.82) is 0 Å². The van der Waals surface area contributed by atoms with E-state index >= 15 is 0 Å². The van der Waals surface area contributed by atoms with E-state index in [4.69, 9.17) is 16.3 Å². The van der Waals surface area contributed by atoms with Crippen LogP contribution in [0.2, 0.25) is 5.02 Å². The highest BCUT2D eigenvalue weighted by atomic mass is 35.5. The summed E-state index contributed by atoms with van der Waals surface area (Å²) in [5, 5.41) is 17.0. The summed E-state index contributed by atoms with van der Waals surface area (Å²) in [7, 11) is 0. The Morgan fingerprint density at radius 1 is 1.14 bits per heavy atom. The molecular formula is C20H23ClN6O. The first kappa shape index (κ1) is 17.8. The average Bonchev–Trinajstić information content (AvgIpc) is 3.43. The minimum atomic E-state index is 0.109. The number of H-pyrrole nitrogens is 1. The van der Waals surface area contributed by atoms with E-state index in [2.05, 4.69) is 29.9 Å². The van der Waals surface area contributed by atoms with Gasteiger partial charge in [0.2, 0.25) is 0 Å². The predicted molar refractivity (Wildman–Crippen MR) is 106 cm³/mol. The monoisotopic (exact) mass is 398 g/mol. The number of nitrogens with zero attached hydrogens (tertiary/aromatic N) is 5. The molecule has 1 aromatic carbocycles. The number of hydrogen-bond donors (Lipinski definition) is 1. The van der Waals surface area contributed by atoms with Crippen LogP contribution in [0.1, 0.15) is 36.2 Å². The second-order valence-corrected chi connectivity index (χ2v) is 7.87. The first-order valence-corrected chi connectivity index (χ1v) is 10.2. The number of nitrogens with one attached hydrogen (secondary N) is 1. The second-order valence-electron chi connectivity index (χ2n) is 7.43. The molecule has 146 valence electrons. The van der Waals surface area contributed by atoms with Crippen molar-refractivity contribution in [1.82, 2.24) is 29.9 Å². The molecule has 28 heavy (non-hydrogen) atoms. The molecule has 0 bridgehead atoms. The number of ether oxygens (including phenoxy) is 1. The Morgan fingerprint density at radius 2 is 2.04 bits per heavy atom. The molecule has 2 aromatic heterocycles. The average molecular weight is 399 g/mol. The molecule has 0 aliphatic carbocycles. The van der Waals surface area contributed by atoms with Gasteiger partial charge in [-0.05, 0) is 30.5 Å². The van der Waals surface area contributed by atoms with Crippen molar-refractivity contribution in [2.45, 2.75) is 38.5 Å². The zero-order valence-electron chi connectivity index (χ0n) is 15.6. The number of fused-ring (bicyclic) bond motifs is 1. The molecule has 0 amide bonds. The normalized spacial score (nSPS) is 20.2. The lowest BCUT2D eigenvalue weighted by atomic mass is 10.1. The van der Waals surface area contributed by atoms with Crippen LogP contribution in [0.3, 0.4) is 0 Å². The van der Waals surface area contributed by atoms with Gasteiger partial charge in [0.15, 0.2) is 5.82 Å². The molecule has 0 spiro atoms. The van der Waals surface area contributed by atoms with Crippen LogP contribution in [-0.2, 0) is 24.2 Å². The van der Waals surface area contributed by atoms with Gasteiger partial charge in [0.05, 0.1) is 11.9 Å². The molecular weight excluding hydrogens is 376 g/mol. The van der Waals surface area contributed by atoms with Crippen LogP contribution >= 0.6 is 11.6 Å². The van der Waals surface area contributed by atoms with Crippen LogP contribution in [0.15, 0.2) is 30.5 Å². The maximum atomic E-state index is 6.02. The van der Waals surface area contributed by atoms with E-state index in [9.17, 15) is 0 Å². The first-order valence-electron chi connectivity index (χ1n) is 9.82. The zero-order chi connectivity index (χ0) is 18.9. The summed E-state index contributed by atoms with van der Waals surface area (Å²) >= 11 is 6.02. The molecule has 3 aromatic rings. The number of benzene rings is 1. The highest BCUT2D eigenvalue weighted by molar-refractivity contribution is 6.30. The quantitative estimate of drug-likeness (QED) is 0.730. The van der Waals surface area contributed by atoms with Gasteiger partial charge in [-0.3, -0.25) is 10.00 Å². The summed E-state index contributed by atoms with van der Waals surface area (Å²) in [6.45, 7) is 4.48. The molecule has 0 radical (unpaired) electrons. The fraction of sp³-hybridized carbons (Fsp3) is 0.450. The number of rotatable bonds is 4. The van der Waals surface area contributed by atoms with Gasteiger partial charge in [-0.15, -0.1) is 10.2 Å². The third-order valence-corrected chi connectivity index (χ3v) is 5.86. The Kier molecular flexibility index (Phi) is 4.88. The van der Waals surface area contributed by atoms with Gasteiger partial charge in [0.1, 0.15) is 11.9 Å². The summed E-state index contributed by atoms with van der Waals surface area (Å²) in [6, 6.07) is 7.87. The fourth-order valence-corrected chi connectivity index (χ4v) is 4.23. The number of aromatic amines is 1. The largest absolute Gasteiger partial charge is 0.370 e. The van der Waals surface area contributed by atoms with Crippen LogP contribution < -0.4 is 0 Å². The van der Waals surface area contributed by atoms with Crippen molar-refractivity contribution < 1.29 is 4.74 Å². The van der Waals surface area contributed by atoms with Crippen molar-refractivity contribution in [3.8, 4) is 11.3 Å². The van der Waals surface area contributed by atoms with Crippen LogP contribution in [0, 0.1) is 0 Å². The Bertz CT molecular complexity index is 944. The van der Waals surface area contributed by atoms with Gasteiger partial charge < -0.3 is 9.30 Å². The fourth-order valence-electron chi connectivity index (χ4n) is 4.11. The van der Waals surface area contributed by atoms with Gasteiger partial charge in [-0.1, -0.05) is 23.7 Å². The van der Waals surface area contributed by atoms with E-state index in [0.717, 1.165) is 80.0 Å². The number of aromatic nitrogens is 5. The lowest BCUT2D eigenvalue weighted by molar-refractivity contribution is 0.101. The van der Waals surface area contributed by atoms with E-state index in [-0.39, 0.29) is 6.10 Å². The molecule has 1 atom stereocenters. The van der Waals surface area contributed by atoms with Crippen LogP contribution in [-0.4, -0.2) is 49.6 Å². The topological polar surface area (TPSA) is 71.9 Å². The Hall–Kier alpha value is -2.22. The third kappa shape index (κ3) is 3.45. The van der Waals surface area contributed by atoms with Gasteiger partial charge in [0.25, 0.3) is 0 Å². The first-order chi connectivity index (χ1) is 13.8. The molecule has 8 heteroatoms. The molecule has 1 N–H and O–H groups in total. The Balaban J connectivity index is 1.30.